The number of hydrogen-bond acceptors (Lipinski definition) is 3. The Balaban J connectivity index is 1.47. The molecule has 110 valence electrons. The van der Waals surface area contributed by atoms with Gasteiger partial charge >= 0.3 is 0 Å². The standard InChI is InChI=1S/C17H20N2O2/c1-10(14-7-11-2-3-12(14)6-11)19-17(20)13-4-5-16-15(8-13)18-9-21-16/h4-5,8-12,14H,2-3,6-7H2,1H3,(H,19,20). The zero-order valence-corrected chi connectivity index (χ0v) is 12.2. The highest BCUT2D eigenvalue weighted by Crippen LogP contribution is 2.49. The second kappa shape index (κ2) is 4.86. The summed E-state index contributed by atoms with van der Waals surface area (Å²) in [5.41, 5.74) is 2.11. The first kappa shape index (κ1) is 12.9. The van der Waals surface area contributed by atoms with Gasteiger partial charge in [0.2, 0.25) is 0 Å². The molecule has 2 aliphatic carbocycles. The predicted octanol–water partition coefficient (Wildman–Crippen LogP) is 3.38. The van der Waals surface area contributed by atoms with Crippen molar-refractivity contribution in [2.24, 2.45) is 17.8 Å². The summed E-state index contributed by atoms with van der Waals surface area (Å²) in [5, 5.41) is 3.18. The summed E-state index contributed by atoms with van der Waals surface area (Å²) in [6.45, 7) is 2.15. The molecular formula is C17H20N2O2. The largest absolute Gasteiger partial charge is 0.443 e. The van der Waals surface area contributed by atoms with Crippen LogP contribution in [0.15, 0.2) is 29.0 Å². The molecule has 1 heterocycles. The molecule has 0 radical (unpaired) electrons. The fraction of sp³-hybridized carbons (Fsp3) is 0.529. The highest BCUT2D eigenvalue weighted by Gasteiger charge is 2.42. The lowest BCUT2D eigenvalue weighted by Gasteiger charge is -2.28. The van der Waals surface area contributed by atoms with E-state index in [-0.39, 0.29) is 11.9 Å². The molecule has 0 saturated heterocycles. The molecule has 1 amide bonds. The van der Waals surface area contributed by atoms with E-state index in [1.54, 1.807) is 18.2 Å². The van der Waals surface area contributed by atoms with Crippen molar-refractivity contribution in [1.29, 1.82) is 0 Å². The summed E-state index contributed by atoms with van der Waals surface area (Å²) in [4.78, 5) is 16.5. The maximum absolute atomic E-state index is 12.4. The van der Waals surface area contributed by atoms with E-state index in [1.165, 1.54) is 32.1 Å². The Labute approximate surface area is 123 Å². The third kappa shape index (κ3) is 2.23. The first-order valence-electron chi connectivity index (χ1n) is 7.85. The quantitative estimate of drug-likeness (QED) is 0.940. The number of rotatable bonds is 3. The van der Waals surface area contributed by atoms with Gasteiger partial charge in [0.05, 0.1) is 0 Å². The van der Waals surface area contributed by atoms with Crippen LogP contribution in [0.1, 0.15) is 43.0 Å². The van der Waals surface area contributed by atoms with E-state index < -0.39 is 0 Å². The summed E-state index contributed by atoms with van der Waals surface area (Å²) < 4.78 is 5.21. The molecule has 4 heteroatoms. The van der Waals surface area contributed by atoms with Crippen LogP contribution in [-0.2, 0) is 0 Å². The summed E-state index contributed by atoms with van der Waals surface area (Å²) in [5.74, 6) is 2.38. The van der Waals surface area contributed by atoms with Crippen molar-refractivity contribution in [3.8, 4) is 0 Å². The van der Waals surface area contributed by atoms with Crippen LogP contribution in [0, 0.1) is 17.8 Å². The van der Waals surface area contributed by atoms with E-state index >= 15 is 0 Å². The number of nitrogens with zero attached hydrogens (tertiary/aromatic N) is 1. The van der Waals surface area contributed by atoms with E-state index in [0.29, 0.717) is 17.1 Å². The maximum Gasteiger partial charge on any atom is 0.251 e. The fourth-order valence-corrected chi connectivity index (χ4v) is 4.30. The van der Waals surface area contributed by atoms with Crippen LogP contribution in [0.25, 0.3) is 11.1 Å². The molecule has 1 aromatic heterocycles. The number of amides is 1. The molecule has 0 spiro atoms. The van der Waals surface area contributed by atoms with Crippen LogP contribution in [0.2, 0.25) is 0 Å². The van der Waals surface area contributed by atoms with E-state index in [4.69, 9.17) is 4.42 Å². The highest BCUT2D eigenvalue weighted by molar-refractivity contribution is 5.97. The zero-order valence-electron chi connectivity index (χ0n) is 12.2. The minimum Gasteiger partial charge on any atom is -0.443 e. The van der Waals surface area contributed by atoms with Crippen LogP contribution in [0.5, 0.6) is 0 Å². The van der Waals surface area contributed by atoms with Crippen LogP contribution < -0.4 is 5.32 Å². The molecule has 2 saturated carbocycles. The number of carbonyl (C=O) groups excluding carboxylic acids is 1. The van der Waals surface area contributed by atoms with Gasteiger partial charge in [0.25, 0.3) is 5.91 Å². The van der Waals surface area contributed by atoms with Gasteiger partial charge in [-0.15, -0.1) is 0 Å². The van der Waals surface area contributed by atoms with Gasteiger partial charge in [0, 0.05) is 11.6 Å². The van der Waals surface area contributed by atoms with Gasteiger partial charge in [-0.1, -0.05) is 6.42 Å². The van der Waals surface area contributed by atoms with Gasteiger partial charge in [-0.2, -0.15) is 0 Å². The van der Waals surface area contributed by atoms with E-state index in [0.717, 1.165) is 17.4 Å². The van der Waals surface area contributed by atoms with Crippen molar-refractivity contribution in [1.82, 2.24) is 10.3 Å². The van der Waals surface area contributed by atoms with E-state index in [9.17, 15) is 4.79 Å². The molecule has 2 aromatic rings. The van der Waals surface area contributed by atoms with Crippen molar-refractivity contribution in [3.05, 3.63) is 30.2 Å². The lowest BCUT2D eigenvalue weighted by molar-refractivity contribution is 0.0915. The van der Waals surface area contributed by atoms with E-state index in [1.807, 2.05) is 0 Å². The Morgan fingerprint density at radius 2 is 2.29 bits per heavy atom. The molecule has 21 heavy (non-hydrogen) atoms. The Morgan fingerprint density at radius 3 is 3.05 bits per heavy atom. The Hall–Kier alpha value is -1.84. The van der Waals surface area contributed by atoms with Gasteiger partial charge in [-0.25, -0.2) is 4.98 Å². The van der Waals surface area contributed by atoms with Gasteiger partial charge in [-0.05, 0) is 62.1 Å². The average molecular weight is 284 g/mol. The van der Waals surface area contributed by atoms with Gasteiger partial charge in [0.1, 0.15) is 5.52 Å². The first-order valence-corrected chi connectivity index (χ1v) is 7.85. The van der Waals surface area contributed by atoms with Crippen LogP contribution in [-0.4, -0.2) is 16.9 Å². The molecule has 0 aliphatic heterocycles. The lowest BCUT2D eigenvalue weighted by atomic mass is 9.84. The Kier molecular flexibility index (Phi) is 2.98. The molecule has 1 aromatic carbocycles. The van der Waals surface area contributed by atoms with Crippen molar-refractivity contribution >= 4 is 17.0 Å². The molecule has 4 rings (SSSR count). The van der Waals surface area contributed by atoms with Crippen molar-refractivity contribution in [3.63, 3.8) is 0 Å². The van der Waals surface area contributed by atoms with Gasteiger partial charge in [0.15, 0.2) is 12.0 Å². The monoisotopic (exact) mass is 284 g/mol. The third-order valence-corrected chi connectivity index (χ3v) is 5.39. The molecule has 4 atom stereocenters. The minimum absolute atomic E-state index is 0.00447. The number of aromatic nitrogens is 1. The lowest BCUT2D eigenvalue weighted by Crippen LogP contribution is -2.40. The van der Waals surface area contributed by atoms with Crippen molar-refractivity contribution in [2.75, 3.05) is 0 Å². The highest BCUT2D eigenvalue weighted by atomic mass is 16.3. The number of nitrogens with one attached hydrogen (secondary N) is 1. The van der Waals surface area contributed by atoms with Crippen LogP contribution in [0.3, 0.4) is 0 Å². The van der Waals surface area contributed by atoms with Gasteiger partial charge < -0.3 is 9.73 Å². The Morgan fingerprint density at radius 1 is 1.38 bits per heavy atom. The third-order valence-electron chi connectivity index (χ3n) is 5.39. The number of benzene rings is 1. The maximum atomic E-state index is 12.4. The predicted molar refractivity (Wildman–Crippen MR) is 79.9 cm³/mol. The molecule has 2 aliphatic rings. The number of carbonyl (C=O) groups is 1. The van der Waals surface area contributed by atoms with E-state index in [2.05, 4.69) is 17.2 Å². The number of hydrogen-bond donors (Lipinski definition) is 1. The molecule has 4 nitrogen and oxygen atoms in total. The fourth-order valence-electron chi connectivity index (χ4n) is 4.30. The number of oxazole rings is 1. The second-order valence-corrected chi connectivity index (χ2v) is 6.64. The smallest absolute Gasteiger partial charge is 0.251 e. The topological polar surface area (TPSA) is 55.1 Å². The summed E-state index contributed by atoms with van der Waals surface area (Å²) >= 11 is 0. The molecular weight excluding hydrogens is 264 g/mol. The SMILES string of the molecule is CC(NC(=O)c1ccc2ocnc2c1)C1CC2CCC1C2. The molecule has 1 N–H and O–H groups in total. The second-order valence-electron chi connectivity index (χ2n) is 6.64. The number of fused-ring (bicyclic) bond motifs is 3. The molecule has 2 fully saturated rings. The summed E-state index contributed by atoms with van der Waals surface area (Å²) in [6, 6.07) is 5.65. The first-order chi connectivity index (χ1) is 10.2. The van der Waals surface area contributed by atoms with Gasteiger partial charge in [-0.3, -0.25) is 4.79 Å². The Bertz CT molecular complexity index is 678. The van der Waals surface area contributed by atoms with Crippen LogP contribution >= 0.6 is 0 Å². The zero-order chi connectivity index (χ0) is 14.4. The molecule has 2 bridgehead atoms. The van der Waals surface area contributed by atoms with Crippen molar-refractivity contribution in [2.45, 2.75) is 38.6 Å². The summed E-state index contributed by atoms with van der Waals surface area (Å²) in [6.07, 6.45) is 6.81. The average Bonchev–Trinajstić information content (AvgIpc) is 3.21. The van der Waals surface area contributed by atoms with Crippen LogP contribution in [0.4, 0.5) is 0 Å². The van der Waals surface area contributed by atoms with Crippen molar-refractivity contribution < 1.29 is 9.21 Å². The minimum atomic E-state index is -0.00447. The molecule has 4 unspecified atom stereocenters. The summed E-state index contributed by atoms with van der Waals surface area (Å²) in [7, 11) is 0. The normalized spacial score (nSPS) is 28.9.